The maximum absolute atomic E-state index is 13.3. The third kappa shape index (κ3) is 3.35. The Morgan fingerprint density at radius 2 is 2.20 bits per heavy atom. The SMILES string of the molecule is CC(Cc1cccs1)N(C)c1ccc(F)cc1C(N)=S. The molecule has 1 unspecified atom stereocenters. The molecule has 5 heteroatoms. The normalized spacial score (nSPS) is 12.2. The molecule has 1 atom stereocenters. The van der Waals surface area contributed by atoms with E-state index >= 15 is 0 Å². The van der Waals surface area contributed by atoms with Gasteiger partial charge in [-0.15, -0.1) is 11.3 Å². The fourth-order valence-electron chi connectivity index (χ4n) is 2.11. The van der Waals surface area contributed by atoms with Crippen LogP contribution in [-0.2, 0) is 6.42 Å². The van der Waals surface area contributed by atoms with Gasteiger partial charge in [-0.3, -0.25) is 0 Å². The molecular weight excluding hydrogens is 291 g/mol. The van der Waals surface area contributed by atoms with E-state index in [4.69, 9.17) is 18.0 Å². The quantitative estimate of drug-likeness (QED) is 0.856. The molecule has 0 aliphatic carbocycles. The van der Waals surface area contributed by atoms with Crippen LogP contribution in [-0.4, -0.2) is 18.1 Å². The molecule has 0 fully saturated rings. The lowest BCUT2D eigenvalue weighted by Gasteiger charge is -2.28. The van der Waals surface area contributed by atoms with Crippen molar-refractivity contribution in [2.45, 2.75) is 19.4 Å². The van der Waals surface area contributed by atoms with Crippen LogP contribution in [0.4, 0.5) is 10.1 Å². The molecular formula is C15H17FN2S2. The topological polar surface area (TPSA) is 29.3 Å². The fourth-order valence-corrected chi connectivity index (χ4v) is 3.10. The lowest BCUT2D eigenvalue weighted by molar-refractivity contribution is 0.626. The number of benzene rings is 1. The summed E-state index contributed by atoms with van der Waals surface area (Å²) in [6, 6.07) is 9.00. The fraction of sp³-hybridized carbons (Fsp3) is 0.267. The summed E-state index contributed by atoms with van der Waals surface area (Å²) in [5.74, 6) is -0.323. The molecule has 1 aromatic carbocycles. The van der Waals surface area contributed by atoms with Crippen LogP contribution in [0.1, 0.15) is 17.4 Å². The molecule has 0 aliphatic heterocycles. The van der Waals surface area contributed by atoms with Gasteiger partial charge in [-0.2, -0.15) is 0 Å². The van der Waals surface area contributed by atoms with Crippen molar-refractivity contribution >= 4 is 34.2 Å². The highest BCUT2D eigenvalue weighted by molar-refractivity contribution is 7.80. The van der Waals surface area contributed by atoms with Crippen molar-refractivity contribution in [3.63, 3.8) is 0 Å². The van der Waals surface area contributed by atoms with Gasteiger partial charge >= 0.3 is 0 Å². The minimum atomic E-state index is -0.323. The van der Waals surface area contributed by atoms with Crippen molar-refractivity contribution in [2.75, 3.05) is 11.9 Å². The first-order valence-electron chi connectivity index (χ1n) is 6.33. The molecule has 0 amide bonds. The molecule has 0 spiro atoms. The second kappa shape index (κ2) is 6.33. The first-order valence-corrected chi connectivity index (χ1v) is 7.62. The number of rotatable bonds is 5. The molecule has 20 heavy (non-hydrogen) atoms. The summed E-state index contributed by atoms with van der Waals surface area (Å²) in [7, 11) is 1.98. The molecule has 1 aromatic heterocycles. The number of thiocarbonyl (C=S) groups is 1. The van der Waals surface area contributed by atoms with E-state index in [1.807, 2.05) is 13.1 Å². The molecule has 0 radical (unpaired) electrons. The third-order valence-electron chi connectivity index (χ3n) is 3.34. The summed E-state index contributed by atoms with van der Waals surface area (Å²) in [5.41, 5.74) is 7.15. The molecule has 106 valence electrons. The van der Waals surface area contributed by atoms with E-state index in [2.05, 4.69) is 23.3 Å². The molecule has 0 saturated heterocycles. The molecule has 2 nitrogen and oxygen atoms in total. The number of likely N-dealkylation sites (N-methyl/N-ethyl adjacent to an activating group) is 1. The zero-order valence-corrected chi connectivity index (χ0v) is 13.1. The van der Waals surface area contributed by atoms with Gasteiger partial charge < -0.3 is 10.6 Å². The summed E-state index contributed by atoms with van der Waals surface area (Å²) < 4.78 is 13.3. The summed E-state index contributed by atoms with van der Waals surface area (Å²) in [5, 5.41) is 2.07. The van der Waals surface area contributed by atoms with Gasteiger partial charge in [-0.25, -0.2) is 4.39 Å². The average molecular weight is 308 g/mol. The van der Waals surface area contributed by atoms with E-state index in [9.17, 15) is 4.39 Å². The van der Waals surface area contributed by atoms with Crippen LogP contribution in [0.2, 0.25) is 0 Å². The Bertz CT molecular complexity index is 596. The van der Waals surface area contributed by atoms with Crippen molar-refractivity contribution in [1.82, 2.24) is 0 Å². The smallest absolute Gasteiger partial charge is 0.124 e. The summed E-state index contributed by atoms with van der Waals surface area (Å²) in [4.78, 5) is 3.63. The monoisotopic (exact) mass is 308 g/mol. The van der Waals surface area contributed by atoms with Gasteiger partial charge in [0.2, 0.25) is 0 Å². The van der Waals surface area contributed by atoms with Gasteiger partial charge in [0, 0.05) is 35.6 Å². The number of hydrogen-bond acceptors (Lipinski definition) is 3. The Morgan fingerprint density at radius 3 is 2.80 bits per heavy atom. The summed E-state index contributed by atoms with van der Waals surface area (Å²) >= 11 is 6.76. The lowest BCUT2D eigenvalue weighted by Crippen LogP contribution is -2.32. The van der Waals surface area contributed by atoms with Gasteiger partial charge in [0.1, 0.15) is 10.8 Å². The maximum Gasteiger partial charge on any atom is 0.124 e. The third-order valence-corrected chi connectivity index (χ3v) is 4.46. The molecule has 1 heterocycles. The minimum absolute atomic E-state index is 0.217. The molecule has 0 aliphatic rings. The molecule has 2 rings (SSSR count). The Labute approximate surface area is 128 Å². The second-order valence-electron chi connectivity index (χ2n) is 4.77. The number of halogens is 1. The minimum Gasteiger partial charge on any atom is -0.389 e. The largest absolute Gasteiger partial charge is 0.389 e. The van der Waals surface area contributed by atoms with E-state index in [1.165, 1.54) is 17.0 Å². The van der Waals surface area contributed by atoms with Crippen molar-refractivity contribution in [1.29, 1.82) is 0 Å². The van der Waals surface area contributed by atoms with Crippen molar-refractivity contribution in [3.8, 4) is 0 Å². The highest BCUT2D eigenvalue weighted by Crippen LogP contribution is 2.24. The standard InChI is InChI=1S/C15H17FN2S2/c1-10(8-12-4-3-7-20-12)18(2)14-6-5-11(16)9-13(14)15(17)19/h3-7,9-10H,8H2,1-2H3,(H2,17,19). The molecule has 0 saturated carbocycles. The number of anilines is 1. The number of thiophene rings is 1. The van der Waals surface area contributed by atoms with Crippen LogP contribution in [0.25, 0.3) is 0 Å². The maximum atomic E-state index is 13.3. The molecule has 0 bridgehead atoms. The molecule has 2 N–H and O–H groups in total. The zero-order chi connectivity index (χ0) is 14.7. The van der Waals surface area contributed by atoms with Crippen molar-refractivity contribution in [2.24, 2.45) is 5.73 Å². The Morgan fingerprint density at radius 1 is 1.45 bits per heavy atom. The van der Waals surface area contributed by atoms with Gasteiger partial charge in [0.25, 0.3) is 0 Å². The van der Waals surface area contributed by atoms with Gasteiger partial charge in [0.05, 0.1) is 0 Å². The number of nitrogens with zero attached hydrogens (tertiary/aromatic N) is 1. The van der Waals surface area contributed by atoms with E-state index in [1.54, 1.807) is 17.4 Å². The Balaban J connectivity index is 2.24. The van der Waals surface area contributed by atoms with Crippen molar-refractivity contribution in [3.05, 3.63) is 52.0 Å². The van der Waals surface area contributed by atoms with Gasteiger partial charge in [-0.05, 0) is 36.6 Å². The first-order chi connectivity index (χ1) is 9.49. The van der Waals surface area contributed by atoms with Crippen LogP contribution >= 0.6 is 23.6 Å². The lowest BCUT2D eigenvalue weighted by atomic mass is 10.1. The summed E-state index contributed by atoms with van der Waals surface area (Å²) in [6.07, 6.45) is 0.933. The van der Waals surface area contributed by atoms with Crippen molar-refractivity contribution < 1.29 is 4.39 Å². The Kier molecular flexibility index (Phi) is 4.73. The van der Waals surface area contributed by atoms with Crippen LogP contribution in [0.15, 0.2) is 35.7 Å². The van der Waals surface area contributed by atoms with E-state index in [0.29, 0.717) is 5.56 Å². The Hall–Kier alpha value is -1.46. The summed E-state index contributed by atoms with van der Waals surface area (Å²) in [6.45, 7) is 2.13. The van der Waals surface area contributed by atoms with Crippen LogP contribution in [0.5, 0.6) is 0 Å². The predicted octanol–water partition coefficient (Wildman–Crippen LogP) is 3.59. The van der Waals surface area contributed by atoms with Crippen LogP contribution < -0.4 is 10.6 Å². The zero-order valence-electron chi connectivity index (χ0n) is 11.5. The number of hydrogen-bond donors (Lipinski definition) is 1. The highest BCUT2D eigenvalue weighted by Gasteiger charge is 2.16. The van der Waals surface area contributed by atoms with Crippen LogP contribution in [0, 0.1) is 5.82 Å². The van der Waals surface area contributed by atoms with Gasteiger partial charge in [0.15, 0.2) is 0 Å². The molecule has 2 aromatic rings. The van der Waals surface area contributed by atoms with E-state index in [-0.39, 0.29) is 16.8 Å². The predicted molar refractivity (Wildman–Crippen MR) is 88.2 cm³/mol. The highest BCUT2D eigenvalue weighted by atomic mass is 32.1. The number of nitrogens with two attached hydrogens (primary N) is 1. The van der Waals surface area contributed by atoms with E-state index < -0.39 is 0 Å². The van der Waals surface area contributed by atoms with Crippen LogP contribution in [0.3, 0.4) is 0 Å². The first kappa shape index (κ1) is 14.9. The van der Waals surface area contributed by atoms with E-state index in [0.717, 1.165) is 12.1 Å². The average Bonchev–Trinajstić information content (AvgIpc) is 2.90. The second-order valence-corrected chi connectivity index (χ2v) is 6.24. The van der Waals surface area contributed by atoms with Gasteiger partial charge in [-0.1, -0.05) is 18.3 Å².